The molecule has 11 heavy (non-hydrogen) atoms. The minimum absolute atomic E-state index is 0.0822. The minimum Gasteiger partial charge on any atom is -0.347 e. The summed E-state index contributed by atoms with van der Waals surface area (Å²) in [7, 11) is 0. The summed E-state index contributed by atoms with van der Waals surface area (Å²) in [5, 5.41) is 0. The van der Waals surface area contributed by atoms with Crippen molar-refractivity contribution < 1.29 is 9.47 Å². The van der Waals surface area contributed by atoms with Crippen molar-refractivity contribution in [2.75, 3.05) is 13.2 Å². The highest BCUT2D eigenvalue weighted by Gasteiger charge is 2.59. The molecule has 1 unspecified atom stereocenters. The maximum Gasteiger partial charge on any atom is 0.171 e. The lowest BCUT2D eigenvalue weighted by Gasteiger charge is -2.47. The van der Waals surface area contributed by atoms with E-state index in [-0.39, 0.29) is 5.79 Å². The van der Waals surface area contributed by atoms with Crippen molar-refractivity contribution in [3.8, 4) is 0 Å². The van der Waals surface area contributed by atoms with Crippen LogP contribution in [0, 0.1) is 11.8 Å². The Bertz CT molecular complexity index is 172. The van der Waals surface area contributed by atoms with Gasteiger partial charge in [-0.2, -0.15) is 0 Å². The minimum atomic E-state index is -0.0822. The maximum absolute atomic E-state index is 5.67. The zero-order valence-electron chi connectivity index (χ0n) is 6.71. The van der Waals surface area contributed by atoms with E-state index in [4.69, 9.17) is 9.47 Å². The zero-order chi connectivity index (χ0) is 7.31. The molecule has 2 heteroatoms. The number of rotatable bonds is 0. The lowest BCUT2D eigenvalue weighted by Crippen LogP contribution is -2.52. The van der Waals surface area contributed by atoms with Crippen LogP contribution < -0.4 is 0 Å². The van der Waals surface area contributed by atoms with Gasteiger partial charge in [-0.25, -0.2) is 0 Å². The molecule has 0 radical (unpaired) electrons. The first kappa shape index (κ1) is 6.44. The topological polar surface area (TPSA) is 18.5 Å². The van der Waals surface area contributed by atoms with E-state index in [1.807, 2.05) is 0 Å². The number of hydrogen-bond acceptors (Lipinski definition) is 2. The van der Waals surface area contributed by atoms with Gasteiger partial charge in [-0.15, -0.1) is 0 Å². The first-order chi connectivity index (χ1) is 5.41. The normalized spacial score (nSPS) is 45.8. The van der Waals surface area contributed by atoms with Crippen LogP contribution >= 0.6 is 0 Å². The number of hydrogen-bond donors (Lipinski definition) is 0. The number of fused-ring (bicyclic) bond motifs is 2. The number of ether oxygens (including phenoxy) is 2. The third-order valence-electron chi connectivity index (χ3n) is 3.55. The maximum atomic E-state index is 5.67. The smallest absolute Gasteiger partial charge is 0.171 e. The summed E-state index contributed by atoms with van der Waals surface area (Å²) in [5.74, 6) is 1.61. The molecule has 2 atom stereocenters. The van der Waals surface area contributed by atoms with Gasteiger partial charge in [0.15, 0.2) is 5.79 Å². The third kappa shape index (κ3) is 0.695. The Balaban J connectivity index is 1.81. The summed E-state index contributed by atoms with van der Waals surface area (Å²) in [6.07, 6.45) is 5.32. The van der Waals surface area contributed by atoms with Gasteiger partial charge in [-0.3, -0.25) is 0 Å². The molecule has 0 bridgehead atoms. The van der Waals surface area contributed by atoms with Gasteiger partial charge < -0.3 is 9.47 Å². The first-order valence-electron chi connectivity index (χ1n) is 4.69. The molecular weight excluding hydrogens is 140 g/mol. The van der Waals surface area contributed by atoms with E-state index >= 15 is 0 Å². The highest BCUT2D eigenvalue weighted by Crippen LogP contribution is 2.57. The molecule has 1 aliphatic heterocycles. The molecule has 0 N–H and O–H groups in total. The Morgan fingerprint density at radius 2 is 1.91 bits per heavy atom. The average molecular weight is 154 g/mol. The fourth-order valence-electron chi connectivity index (χ4n) is 3.02. The van der Waals surface area contributed by atoms with Crippen LogP contribution in [0.2, 0.25) is 0 Å². The molecule has 3 rings (SSSR count). The van der Waals surface area contributed by atoms with Crippen molar-refractivity contribution in [1.82, 2.24) is 0 Å². The Hall–Kier alpha value is -0.0800. The van der Waals surface area contributed by atoms with Crippen molar-refractivity contribution in [2.45, 2.75) is 31.5 Å². The van der Waals surface area contributed by atoms with Crippen LogP contribution in [0.4, 0.5) is 0 Å². The fraction of sp³-hybridized carbons (Fsp3) is 1.00. The monoisotopic (exact) mass is 154 g/mol. The van der Waals surface area contributed by atoms with Crippen molar-refractivity contribution in [3.05, 3.63) is 0 Å². The predicted molar refractivity (Wildman–Crippen MR) is 40.1 cm³/mol. The van der Waals surface area contributed by atoms with E-state index in [1.165, 1.54) is 25.7 Å². The SMILES string of the molecule is C1CC2[C@H](C1)CC21OCCO1. The van der Waals surface area contributed by atoms with Crippen molar-refractivity contribution >= 4 is 0 Å². The lowest BCUT2D eigenvalue weighted by molar-refractivity contribution is -0.267. The van der Waals surface area contributed by atoms with Crippen LogP contribution in [-0.2, 0) is 9.47 Å². The largest absolute Gasteiger partial charge is 0.347 e. The molecule has 1 saturated heterocycles. The Morgan fingerprint density at radius 1 is 1.09 bits per heavy atom. The second kappa shape index (κ2) is 1.99. The third-order valence-corrected chi connectivity index (χ3v) is 3.55. The standard InChI is InChI=1S/C9H14O2/c1-2-7-6-9(8(7)3-1)10-4-5-11-9/h7-8H,1-6H2/t7-,8?/m1/s1. The molecule has 2 saturated carbocycles. The van der Waals surface area contributed by atoms with Crippen LogP contribution in [0.3, 0.4) is 0 Å². The van der Waals surface area contributed by atoms with E-state index in [1.54, 1.807) is 0 Å². The molecule has 2 nitrogen and oxygen atoms in total. The molecule has 1 spiro atoms. The summed E-state index contributed by atoms with van der Waals surface area (Å²) in [6.45, 7) is 1.65. The summed E-state index contributed by atoms with van der Waals surface area (Å²) in [4.78, 5) is 0. The van der Waals surface area contributed by atoms with E-state index < -0.39 is 0 Å². The summed E-state index contributed by atoms with van der Waals surface area (Å²) in [6, 6.07) is 0. The average Bonchev–Trinajstić information content (AvgIpc) is 2.52. The second-order valence-corrected chi connectivity index (χ2v) is 4.01. The molecule has 1 heterocycles. The van der Waals surface area contributed by atoms with Crippen LogP contribution in [-0.4, -0.2) is 19.0 Å². The van der Waals surface area contributed by atoms with Gasteiger partial charge in [0, 0.05) is 12.3 Å². The summed E-state index contributed by atoms with van der Waals surface area (Å²) >= 11 is 0. The molecule has 0 aromatic carbocycles. The van der Waals surface area contributed by atoms with Crippen molar-refractivity contribution in [1.29, 1.82) is 0 Å². The molecule has 3 fully saturated rings. The highest BCUT2D eigenvalue weighted by atomic mass is 16.7. The van der Waals surface area contributed by atoms with Crippen molar-refractivity contribution in [2.24, 2.45) is 11.8 Å². The molecule has 2 aliphatic carbocycles. The van der Waals surface area contributed by atoms with Gasteiger partial charge in [0.25, 0.3) is 0 Å². The van der Waals surface area contributed by atoms with E-state index in [9.17, 15) is 0 Å². The van der Waals surface area contributed by atoms with E-state index in [2.05, 4.69) is 0 Å². The zero-order valence-corrected chi connectivity index (χ0v) is 6.71. The second-order valence-electron chi connectivity index (χ2n) is 4.01. The molecule has 0 aromatic rings. The summed E-state index contributed by atoms with van der Waals surface area (Å²) < 4.78 is 11.3. The van der Waals surface area contributed by atoms with Gasteiger partial charge in [-0.05, 0) is 18.8 Å². The van der Waals surface area contributed by atoms with E-state index in [0.29, 0.717) is 0 Å². The highest BCUT2D eigenvalue weighted by molar-refractivity contribution is 5.02. The van der Waals surface area contributed by atoms with Crippen molar-refractivity contribution in [3.63, 3.8) is 0 Å². The molecule has 3 aliphatic rings. The van der Waals surface area contributed by atoms with Crippen LogP contribution in [0.1, 0.15) is 25.7 Å². The predicted octanol–water partition coefficient (Wildman–Crippen LogP) is 1.55. The first-order valence-corrected chi connectivity index (χ1v) is 4.69. The quantitative estimate of drug-likeness (QED) is 0.527. The fourth-order valence-corrected chi connectivity index (χ4v) is 3.02. The van der Waals surface area contributed by atoms with Gasteiger partial charge in [-0.1, -0.05) is 6.42 Å². The molecule has 62 valence electrons. The van der Waals surface area contributed by atoms with Gasteiger partial charge in [0.1, 0.15) is 0 Å². The lowest BCUT2D eigenvalue weighted by atomic mass is 9.70. The van der Waals surface area contributed by atoms with E-state index in [0.717, 1.165) is 25.0 Å². The molecular formula is C9H14O2. The Morgan fingerprint density at radius 3 is 2.64 bits per heavy atom. The Labute approximate surface area is 66.9 Å². The van der Waals surface area contributed by atoms with Crippen LogP contribution in [0.5, 0.6) is 0 Å². The van der Waals surface area contributed by atoms with Gasteiger partial charge in [0.2, 0.25) is 0 Å². The Kier molecular flexibility index (Phi) is 1.16. The molecule has 0 amide bonds. The summed E-state index contributed by atoms with van der Waals surface area (Å²) in [5.41, 5.74) is 0. The molecule has 0 aromatic heterocycles. The van der Waals surface area contributed by atoms with Gasteiger partial charge in [0.05, 0.1) is 13.2 Å². The van der Waals surface area contributed by atoms with Crippen LogP contribution in [0.25, 0.3) is 0 Å². The van der Waals surface area contributed by atoms with Crippen LogP contribution in [0.15, 0.2) is 0 Å². The van der Waals surface area contributed by atoms with Gasteiger partial charge >= 0.3 is 0 Å².